The average Bonchev–Trinajstić information content (AvgIpc) is 3.20. The van der Waals surface area contributed by atoms with Crippen LogP contribution in [0.15, 0.2) is 40.1 Å². The van der Waals surface area contributed by atoms with Gasteiger partial charge in [0.1, 0.15) is 0 Å². The summed E-state index contributed by atoms with van der Waals surface area (Å²) in [6.45, 7) is 4.47. The van der Waals surface area contributed by atoms with Crippen molar-refractivity contribution in [3.05, 3.63) is 62.6 Å². The van der Waals surface area contributed by atoms with Crippen molar-refractivity contribution >= 4 is 22.7 Å². The summed E-state index contributed by atoms with van der Waals surface area (Å²) in [6, 6.07) is 3.59. The van der Waals surface area contributed by atoms with Crippen molar-refractivity contribution in [3.63, 3.8) is 0 Å². The molecule has 0 radical (unpaired) electrons. The number of aromatic nitrogens is 5. The van der Waals surface area contributed by atoms with E-state index in [9.17, 15) is 27.6 Å². The predicted molar refractivity (Wildman–Crippen MR) is 107 cm³/mol. The lowest BCUT2D eigenvalue weighted by Crippen LogP contribution is -2.42. The number of fused-ring (bicyclic) bond motifs is 3. The van der Waals surface area contributed by atoms with Crippen LogP contribution in [0.2, 0.25) is 0 Å². The maximum absolute atomic E-state index is 13.1. The first-order valence-electron chi connectivity index (χ1n) is 9.33. The third kappa shape index (κ3) is 2.99. The Morgan fingerprint density at radius 2 is 1.74 bits per heavy atom. The molecule has 1 aromatic carbocycles. The van der Waals surface area contributed by atoms with Crippen LogP contribution in [0, 0.1) is 6.92 Å². The molecule has 31 heavy (non-hydrogen) atoms. The number of Topliss-reactive ketones (excluding diaryl/α,β-unsaturated/α-hetero) is 1. The number of imidazole rings is 2. The smallest absolute Gasteiger partial charge is 0.298 e. The molecule has 0 bridgehead atoms. The Bertz CT molecular complexity index is 1470. The second-order valence-electron chi connectivity index (χ2n) is 7.41. The van der Waals surface area contributed by atoms with Gasteiger partial charge in [-0.15, -0.1) is 0 Å². The van der Waals surface area contributed by atoms with Crippen LogP contribution in [0.3, 0.4) is 0 Å². The number of hydrogen-bond acceptors (Lipinski definition) is 4. The van der Waals surface area contributed by atoms with Gasteiger partial charge in [-0.25, -0.2) is 9.36 Å². The fourth-order valence-corrected chi connectivity index (χ4v) is 3.62. The van der Waals surface area contributed by atoms with E-state index in [2.05, 4.69) is 4.98 Å². The highest BCUT2D eigenvalue weighted by Gasteiger charge is 2.30. The van der Waals surface area contributed by atoms with Crippen LogP contribution in [0.25, 0.3) is 22.6 Å². The molecular formula is C20H18F3N5O3. The molecule has 4 aromatic rings. The Morgan fingerprint density at radius 1 is 1.13 bits per heavy atom. The van der Waals surface area contributed by atoms with E-state index in [1.807, 2.05) is 0 Å². The summed E-state index contributed by atoms with van der Waals surface area (Å²) in [7, 11) is 1.44. The number of halogens is 3. The highest BCUT2D eigenvalue weighted by molar-refractivity contribution is 5.81. The molecule has 0 aliphatic carbocycles. The quantitative estimate of drug-likeness (QED) is 0.497. The molecule has 3 aromatic heterocycles. The van der Waals surface area contributed by atoms with Gasteiger partial charge in [-0.3, -0.25) is 23.1 Å². The van der Waals surface area contributed by atoms with E-state index >= 15 is 0 Å². The first kappa shape index (κ1) is 20.6. The third-order valence-electron chi connectivity index (χ3n) is 5.40. The van der Waals surface area contributed by atoms with E-state index in [-0.39, 0.29) is 22.7 Å². The highest BCUT2D eigenvalue weighted by Crippen LogP contribution is 2.30. The first-order valence-corrected chi connectivity index (χ1v) is 9.33. The van der Waals surface area contributed by atoms with Crippen molar-refractivity contribution in [2.24, 2.45) is 7.05 Å². The van der Waals surface area contributed by atoms with Crippen molar-refractivity contribution in [1.29, 1.82) is 0 Å². The molecule has 4 rings (SSSR count). The minimum absolute atomic E-state index is 0.0963. The Hall–Kier alpha value is -3.63. The van der Waals surface area contributed by atoms with Crippen molar-refractivity contribution in [1.82, 2.24) is 23.1 Å². The Morgan fingerprint density at radius 3 is 2.29 bits per heavy atom. The number of rotatable bonds is 3. The Labute approximate surface area is 172 Å². The average molecular weight is 433 g/mol. The number of benzene rings is 1. The Kier molecular flexibility index (Phi) is 4.45. The summed E-state index contributed by atoms with van der Waals surface area (Å²) in [5.74, 6) is -0.0922. The van der Waals surface area contributed by atoms with E-state index < -0.39 is 29.0 Å². The topological polar surface area (TPSA) is 83.3 Å². The number of nitrogens with zero attached hydrogens (tertiary/aromatic N) is 5. The molecule has 0 saturated carbocycles. The number of hydrogen-bond donors (Lipinski definition) is 0. The normalized spacial score (nSPS) is 13.3. The van der Waals surface area contributed by atoms with E-state index in [1.165, 1.54) is 42.0 Å². The van der Waals surface area contributed by atoms with Crippen LogP contribution in [0.5, 0.6) is 0 Å². The number of carbonyl (C=O) groups excluding carboxylic acids is 1. The highest BCUT2D eigenvalue weighted by atomic mass is 19.4. The molecule has 0 saturated heterocycles. The van der Waals surface area contributed by atoms with Crippen LogP contribution in [0.4, 0.5) is 13.2 Å². The second-order valence-corrected chi connectivity index (χ2v) is 7.41. The van der Waals surface area contributed by atoms with Crippen molar-refractivity contribution in [2.75, 3.05) is 0 Å². The molecule has 11 heteroatoms. The number of alkyl halides is 3. The van der Waals surface area contributed by atoms with Gasteiger partial charge in [0.2, 0.25) is 5.78 Å². The SMILES string of the molecule is CC(=O)[C@H](C)n1c(=O)c2c(nc3n(-c4ccc(C(F)(F)F)cc4)c(C)cn23)n(C)c1=O. The Balaban J connectivity index is 2.04. The maximum Gasteiger partial charge on any atom is 0.416 e. The van der Waals surface area contributed by atoms with Crippen LogP contribution in [-0.2, 0) is 18.0 Å². The minimum Gasteiger partial charge on any atom is -0.298 e. The van der Waals surface area contributed by atoms with Crippen molar-refractivity contribution in [2.45, 2.75) is 33.0 Å². The van der Waals surface area contributed by atoms with Crippen LogP contribution >= 0.6 is 0 Å². The lowest BCUT2D eigenvalue weighted by atomic mass is 10.2. The first-order chi connectivity index (χ1) is 14.4. The standard InChI is InChI=1S/C20H18F3N5O3/c1-10-9-26-15-16(25(4)19(31)28(17(15)30)11(2)12(3)29)24-18(26)27(10)14-7-5-13(6-8-14)20(21,22)23/h5-9,11H,1-4H3/t11-/m0/s1. The summed E-state index contributed by atoms with van der Waals surface area (Å²) in [5.41, 5.74) is -0.899. The number of aryl methyl sites for hydroxylation is 2. The van der Waals surface area contributed by atoms with E-state index in [0.29, 0.717) is 11.4 Å². The van der Waals surface area contributed by atoms with E-state index in [4.69, 9.17) is 0 Å². The molecule has 0 N–H and O–H groups in total. The van der Waals surface area contributed by atoms with Gasteiger partial charge < -0.3 is 0 Å². The monoisotopic (exact) mass is 433 g/mol. The largest absolute Gasteiger partial charge is 0.416 e. The molecule has 0 unspecified atom stereocenters. The zero-order valence-electron chi connectivity index (χ0n) is 17.1. The van der Waals surface area contributed by atoms with Gasteiger partial charge in [-0.05, 0) is 45.0 Å². The van der Waals surface area contributed by atoms with Gasteiger partial charge in [-0.2, -0.15) is 18.2 Å². The van der Waals surface area contributed by atoms with Gasteiger partial charge in [0.15, 0.2) is 16.9 Å². The molecule has 0 fully saturated rings. The van der Waals surface area contributed by atoms with Crippen molar-refractivity contribution in [3.8, 4) is 5.69 Å². The molecule has 1 atom stereocenters. The van der Waals surface area contributed by atoms with Gasteiger partial charge in [0.05, 0.1) is 11.6 Å². The van der Waals surface area contributed by atoms with Gasteiger partial charge in [-0.1, -0.05) is 0 Å². The third-order valence-corrected chi connectivity index (χ3v) is 5.40. The fraction of sp³-hybridized carbons (Fsp3) is 0.300. The van der Waals surface area contributed by atoms with Crippen molar-refractivity contribution < 1.29 is 18.0 Å². The summed E-state index contributed by atoms with van der Waals surface area (Å²) in [4.78, 5) is 42.1. The van der Waals surface area contributed by atoms with Crippen LogP contribution in [0.1, 0.15) is 31.1 Å². The predicted octanol–water partition coefficient (Wildman–Crippen LogP) is 2.62. The molecule has 0 spiro atoms. The molecule has 8 nitrogen and oxygen atoms in total. The van der Waals surface area contributed by atoms with Crippen LogP contribution < -0.4 is 11.2 Å². The molecule has 162 valence electrons. The zero-order chi connectivity index (χ0) is 22.8. The van der Waals surface area contributed by atoms with E-state index in [0.717, 1.165) is 16.7 Å². The zero-order valence-corrected chi connectivity index (χ0v) is 17.1. The number of ketones is 1. The molecule has 0 aliphatic rings. The second kappa shape index (κ2) is 6.69. The lowest BCUT2D eigenvalue weighted by Gasteiger charge is -2.12. The van der Waals surface area contributed by atoms with Crippen LogP contribution in [-0.4, -0.2) is 28.9 Å². The molecular weight excluding hydrogens is 415 g/mol. The minimum atomic E-state index is -4.46. The number of carbonyl (C=O) groups is 1. The summed E-state index contributed by atoms with van der Waals surface area (Å²) >= 11 is 0. The molecule has 3 heterocycles. The lowest BCUT2D eigenvalue weighted by molar-refractivity contribution is -0.137. The van der Waals surface area contributed by atoms with Gasteiger partial charge in [0, 0.05) is 24.6 Å². The summed E-state index contributed by atoms with van der Waals surface area (Å²) < 4.78 is 43.8. The van der Waals surface area contributed by atoms with Gasteiger partial charge in [0.25, 0.3) is 5.56 Å². The molecule has 0 aliphatic heterocycles. The summed E-state index contributed by atoms with van der Waals surface area (Å²) in [5, 5.41) is 0. The molecule has 0 amide bonds. The maximum atomic E-state index is 13.1. The van der Waals surface area contributed by atoms with Gasteiger partial charge >= 0.3 is 11.9 Å². The van der Waals surface area contributed by atoms with E-state index in [1.54, 1.807) is 17.7 Å². The summed E-state index contributed by atoms with van der Waals surface area (Å²) in [6.07, 6.45) is -2.85. The fourth-order valence-electron chi connectivity index (χ4n) is 3.62.